The number of benzene rings is 1. The Morgan fingerprint density at radius 2 is 2.00 bits per heavy atom. The van der Waals surface area contributed by atoms with E-state index in [1.165, 1.54) is 6.26 Å². The van der Waals surface area contributed by atoms with Crippen molar-refractivity contribution in [1.82, 2.24) is 0 Å². The van der Waals surface area contributed by atoms with Crippen LogP contribution in [0.25, 0.3) is 0 Å². The van der Waals surface area contributed by atoms with Gasteiger partial charge < -0.3 is 10.8 Å². The van der Waals surface area contributed by atoms with Crippen LogP contribution in [0.1, 0.15) is 11.7 Å². The lowest BCUT2D eigenvalue weighted by molar-refractivity contribution is 0.179. The molecule has 1 unspecified atom stereocenters. The highest BCUT2D eigenvalue weighted by molar-refractivity contribution is 7.98. The predicted molar refractivity (Wildman–Crippen MR) is 52.1 cm³/mol. The summed E-state index contributed by atoms with van der Waals surface area (Å²) in [6.45, 7) is -0.297. The third kappa shape index (κ3) is 2.27. The van der Waals surface area contributed by atoms with E-state index in [-0.39, 0.29) is 6.54 Å². The summed E-state index contributed by atoms with van der Waals surface area (Å²) >= 11 is 0.761. The van der Waals surface area contributed by atoms with E-state index in [1.807, 2.05) is 0 Å². The number of rotatable bonds is 3. The highest BCUT2D eigenvalue weighted by atomic mass is 32.2. The molecule has 6 heteroatoms. The van der Waals surface area contributed by atoms with Gasteiger partial charge in [-0.15, -0.1) is 11.8 Å². The van der Waals surface area contributed by atoms with Crippen molar-refractivity contribution in [2.45, 2.75) is 11.0 Å². The first-order valence-corrected chi connectivity index (χ1v) is 5.34. The maximum Gasteiger partial charge on any atom is 0.175 e. The van der Waals surface area contributed by atoms with Crippen LogP contribution in [0, 0.1) is 17.5 Å². The first kappa shape index (κ1) is 12.4. The van der Waals surface area contributed by atoms with E-state index < -0.39 is 34.0 Å². The van der Waals surface area contributed by atoms with E-state index in [0.29, 0.717) is 0 Å². The summed E-state index contributed by atoms with van der Waals surface area (Å²) in [6, 6.07) is 0.766. The van der Waals surface area contributed by atoms with Gasteiger partial charge in [-0.2, -0.15) is 0 Å². The lowest BCUT2D eigenvalue weighted by Gasteiger charge is -2.12. The zero-order chi connectivity index (χ0) is 11.6. The van der Waals surface area contributed by atoms with Crippen LogP contribution < -0.4 is 5.73 Å². The molecule has 0 saturated heterocycles. The van der Waals surface area contributed by atoms with E-state index in [2.05, 4.69) is 0 Å². The largest absolute Gasteiger partial charge is 0.387 e. The van der Waals surface area contributed by atoms with E-state index >= 15 is 0 Å². The molecule has 0 radical (unpaired) electrons. The number of nitrogens with two attached hydrogens (primary N) is 1. The maximum absolute atomic E-state index is 13.3. The van der Waals surface area contributed by atoms with Gasteiger partial charge in [0.2, 0.25) is 0 Å². The second-order valence-corrected chi connectivity index (χ2v) is 3.68. The average molecular weight is 237 g/mol. The molecule has 84 valence electrons. The third-order valence-corrected chi connectivity index (χ3v) is 2.71. The highest BCUT2D eigenvalue weighted by Crippen LogP contribution is 2.29. The molecule has 0 bridgehead atoms. The molecule has 0 aliphatic rings. The minimum atomic E-state index is -1.40. The van der Waals surface area contributed by atoms with Crippen molar-refractivity contribution in [3.8, 4) is 0 Å². The topological polar surface area (TPSA) is 46.2 Å². The second kappa shape index (κ2) is 4.87. The normalized spacial score (nSPS) is 12.9. The van der Waals surface area contributed by atoms with Gasteiger partial charge in [-0.05, 0) is 12.3 Å². The zero-order valence-electron chi connectivity index (χ0n) is 7.93. The molecule has 1 aromatic rings. The quantitative estimate of drug-likeness (QED) is 0.622. The molecular weight excluding hydrogens is 227 g/mol. The van der Waals surface area contributed by atoms with Crippen LogP contribution in [0.2, 0.25) is 0 Å². The van der Waals surface area contributed by atoms with Crippen LogP contribution in [-0.4, -0.2) is 17.9 Å². The van der Waals surface area contributed by atoms with Crippen molar-refractivity contribution in [2.24, 2.45) is 5.73 Å². The summed E-state index contributed by atoms with van der Waals surface area (Å²) in [5.74, 6) is -3.44. The molecule has 15 heavy (non-hydrogen) atoms. The smallest absolute Gasteiger partial charge is 0.175 e. The number of halogens is 3. The van der Waals surface area contributed by atoms with Crippen LogP contribution in [0.3, 0.4) is 0 Å². The first-order chi connectivity index (χ1) is 7.02. The summed E-state index contributed by atoms with van der Waals surface area (Å²) < 4.78 is 39.7. The van der Waals surface area contributed by atoms with Gasteiger partial charge >= 0.3 is 0 Å². The van der Waals surface area contributed by atoms with Crippen LogP contribution in [0.15, 0.2) is 11.0 Å². The van der Waals surface area contributed by atoms with Crippen molar-refractivity contribution in [1.29, 1.82) is 0 Å². The van der Waals surface area contributed by atoms with Gasteiger partial charge in [-0.25, -0.2) is 13.2 Å². The van der Waals surface area contributed by atoms with Crippen molar-refractivity contribution in [3.63, 3.8) is 0 Å². The van der Waals surface area contributed by atoms with Gasteiger partial charge in [0.1, 0.15) is 5.82 Å². The lowest BCUT2D eigenvalue weighted by atomic mass is 10.1. The van der Waals surface area contributed by atoms with Crippen molar-refractivity contribution >= 4 is 11.8 Å². The zero-order valence-corrected chi connectivity index (χ0v) is 8.75. The molecule has 0 aliphatic heterocycles. The first-order valence-electron chi connectivity index (χ1n) is 4.12. The Balaban J connectivity index is 3.33. The fourth-order valence-corrected chi connectivity index (χ4v) is 1.68. The van der Waals surface area contributed by atoms with E-state index in [1.54, 1.807) is 0 Å². The number of aliphatic hydroxyl groups excluding tert-OH is 1. The van der Waals surface area contributed by atoms with Crippen LogP contribution >= 0.6 is 11.8 Å². The lowest BCUT2D eigenvalue weighted by Crippen LogP contribution is -2.14. The van der Waals surface area contributed by atoms with Crippen LogP contribution in [0.4, 0.5) is 13.2 Å². The van der Waals surface area contributed by atoms with Crippen LogP contribution in [-0.2, 0) is 0 Å². The monoisotopic (exact) mass is 237 g/mol. The third-order valence-electron chi connectivity index (χ3n) is 1.93. The summed E-state index contributed by atoms with van der Waals surface area (Å²) in [6.07, 6.45) is 0.0323. The van der Waals surface area contributed by atoms with Gasteiger partial charge in [-0.3, -0.25) is 0 Å². The summed E-state index contributed by atoms with van der Waals surface area (Å²) in [5.41, 5.74) is 4.62. The number of thioether (sulfide) groups is 1. The van der Waals surface area contributed by atoms with Gasteiger partial charge in [0.15, 0.2) is 11.6 Å². The van der Waals surface area contributed by atoms with Gasteiger partial charge in [0, 0.05) is 12.1 Å². The molecule has 0 fully saturated rings. The average Bonchev–Trinajstić information content (AvgIpc) is 2.23. The van der Waals surface area contributed by atoms with Crippen LogP contribution in [0.5, 0.6) is 0 Å². The maximum atomic E-state index is 13.3. The molecule has 3 N–H and O–H groups in total. The van der Waals surface area contributed by atoms with Gasteiger partial charge in [-0.1, -0.05) is 0 Å². The minimum absolute atomic E-state index is 0.297. The molecule has 2 nitrogen and oxygen atoms in total. The Bertz CT molecular complexity index is 373. The molecule has 0 spiro atoms. The molecule has 1 rings (SSSR count). The van der Waals surface area contributed by atoms with Gasteiger partial charge in [0.25, 0.3) is 0 Å². The predicted octanol–water partition coefficient (Wildman–Crippen LogP) is 1.82. The number of hydrogen-bond acceptors (Lipinski definition) is 3. The standard InChI is InChI=1S/C9H10F3NOS/c1-15-9-5(10)2-4(6(14)3-13)7(11)8(9)12/h2,6,14H,3,13H2,1H3. The molecule has 0 saturated carbocycles. The Morgan fingerprint density at radius 3 is 2.47 bits per heavy atom. The molecule has 0 aliphatic carbocycles. The van der Waals surface area contributed by atoms with E-state index in [4.69, 9.17) is 5.73 Å². The summed E-state index contributed by atoms with van der Waals surface area (Å²) in [4.78, 5) is -0.402. The molecule has 1 atom stereocenters. The summed E-state index contributed by atoms with van der Waals surface area (Å²) in [7, 11) is 0. The van der Waals surface area contributed by atoms with Crippen molar-refractivity contribution in [2.75, 3.05) is 12.8 Å². The highest BCUT2D eigenvalue weighted by Gasteiger charge is 2.21. The molecular formula is C9H10F3NOS. The molecule has 0 amide bonds. The fourth-order valence-electron chi connectivity index (χ4n) is 1.15. The SMILES string of the molecule is CSc1c(F)cc(C(O)CN)c(F)c1F. The Hall–Kier alpha value is -0.720. The van der Waals surface area contributed by atoms with E-state index in [0.717, 1.165) is 17.8 Å². The molecule has 0 aromatic heterocycles. The minimum Gasteiger partial charge on any atom is -0.387 e. The van der Waals surface area contributed by atoms with Crippen molar-refractivity contribution < 1.29 is 18.3 Å². The second-order valence-electron chi connectivity index (χ2n) is 2.86. The fraction of sp³-hybridized carbons (Fsp3) is 0.333. The molecule has 1 aromatic carbocycles. The molecule has 0 heterocycles. The van der Waals surface area contributed by atoms with Crippen molar-refractivity contribution in [3.05, 3.63) is 29.1 Å². The van der Waals surface area contributed by atoms with Gasteiger partial charge in [0.05, 0.1) is 11.0 Å². The Kier molecular flexibility index (Phi) is 4.01. The Labute approximate surface area is 89.3 Å². The number of aliphatic hydroxyl groups is 1. The summed E-state index contributed by atoms with van der Waals surface area (Å²) in [5, 5.41) is 9.22. The van der Waals surface area contributed by atoms with E-state index in [9.17, 15) is 18.3 Å². The number of hydrogen-bond donors (Lipinski definition) is 2. The Morgan fingerprint density at radius 1 is 1.40 bits per heavy atom.